The van der Waals surface area contributed by atoms with Crippen LogP contribution in [-0.4, -0.2) is 21.8 Å². The summed E-state index contributed by atoms with van der Waals surface area (Å²) < 4.78 is 0. The summed E-state index contributed by atoms with van der Waals surface area (Å²) in [6, 6.07) is 20.8. The van der Waals surface area contributed by atoms with Crippen LogP contribution in [0.3, 0.4) is 0 Å². The fourth-order valence-corrected chi connectivity index (χ4v) is 3.65. The molecule has 158 valence electrons. The van der Waals surface area contributed by atoms with Gasteiger partial charge in [0.15, 0.2) is 0 Å². The second kappa shape index (κ2) is 8.59. The van der Waals surface area contributed by atoms with E-state index in [-0.39, 0.29) is 17.7 Å². The van der Waals surface area contributed by atoms with Gasteiger partial charge in [0, 0.05) is 41.5 Å². The molecular weight excluding hydrogens is 400 g/mol. The molecular formula is C26H22N4O2. The summed E-state index contributed by atoms with van der Waals surface area (Å²) in [5, 5.41) is 6.75. The molecule has 2 N–H and O–H groups in total. The fraction of sp³-hybridized carbons (Fsp3) is 0.154. The molecule has 5 rings (SSSR count). The molecule has 0 aliphatic heterocycles. The SMILES string of the molecule is O=C(NCc1cccc(NC(=O)C2CC2)c1)c1cc(-c2cccnc2)nc2ccccc12. The van der Waals surface area contributed by atoms with E-state index in [1.54, 1.807) is 18.5 Å². The van der Waals surface area contributed by atoms with Crippen LogP contribution in [0, 0.1) is 5.92 Å². The van der Waals surface area contributed by atoms with E-state index in [9.17, 15) is 9.59 Å². The normalized spacial score (nSPS) is 13.0. The van der Waals surface area contributed by atoms with Crippen molar-refractivity contribution in [1.29, 1.82) is 0 Å². The molecule has 2 aromatic carbocycles. The number of benzene rings is 2. The van der Waals surface area contributed by atoms with E-state index < -0.39 is 0 Å². The van der Waals surface area contributed by atoms with E-state index in [4.69, 9.17) is 4.98 Å². The van der Waals surface area contributed by atoms with Gasteiger partial charge in [-0.05, 0) is 54.8 Å². The second-order valence-electron chi connectivity index (χ2n) is 7.96. The Kier molecular flexibility index (Phi) is 5.34. The molecule has 1 aliphatic rings. The maximum atomic E-state index is 13.2. The van der Waals surface area contributed by atoms with Crippen LogP contribution in [0.15, 0.2) is 79.1 Å². The highest BCUT2D eigenvalue weighted by Crippen LogP contribution is 2.30. The summed E-state index contributed by atoms with van der Waals surface area (Å²) in [4.78, 5) is 34.0. The average molecular weight is 422 g/mol. The molecule has 6 nitrogen and oxygen atoms in total. The van der Waals surface area contributed by atoms with E-state index >= 15 is 0 Å². The van der Waals surface area contributed by atoms with Gasteiger partial charge in [-0.2, -0.15) is 0 Å². The minimum Gasteiger partial charge on any atom is -0.348 e. The molecule has 4 aromatic rings. The molecule has 32 heavy (non-hydrogen) atoms. The van der Waals surface area contributed by atoms with Gasteiger partial charge in [-0.25, -0.2) is 4.98 Å². The van der Waals surface area contributed by atoms with Crippen molar-refractivity contribution >= 4 is 28.4 Å². The predicted octanol–water partition coefficient (Wildman–Crippen LogP) is 4.58. The van der Waals surface area contributed by atoms with E-state index in [2.05, 4.69) is 15.6 Å². The third kappa shape index (κ3) is 4.34. The van der Waals surface area contributed by atoms with Crippen molar-refractivity contribution in [2.24, 2.45) is 5.92 Å². The molecule has 6 heteroatoms. The van der Waals surface area contributed by atoms with Gasteiger partial charge >= 0.3 is 0 Å². The van der Waals surface area contributed by atoms with Crippen molar-refractivity contribution in [3.8, 4) is 11.3 Å². The van der Waals surface area contributed by atoms with Gasteiger partial charge in [0.25, 0.3) is 5.91 Å². The smallest absolute Gasteiger partial charge is 0.252 e. The van der Waals surface area contributed by atoms with Crippen LogP contribution in [0.5, 0.6) is 0 Å². The van der Waals surface area contributed by atoms with Crippen LogP contribution in [0.4, 0.5) is 5.69 Å². The monoisotopic (exact) mass is 422 g/mol. The van der Waals surface area contributed by atoms with Crippen molar-refractivity contribution in [2.75, 3.05) is 5.32 Å². The number of pyridine rings is 2. The highest BCUT2D eigenvalue weighted by atomic mass is 16.2. The molecule has 1 aliphatic carbocycles. The fourth-order valence-electron chi connectivity index (χ4n) is 3.65. The number of hydrogen-bond acceptors (Lipinski definition) is 4. The van der Waals surface area contributed by atoms with Crippen molar-refractivity contribution < 1.29 is 9.59 Å². The van der Waals surface area contributed by atoms with Crippen LogP contribution in [0.1, 0.15) is 28.8 Å². The topological polar surface area (TPSA) is 84.0 Å². The van der Waals surface area contributed by atoms with Crippen LogP contribution >= 0.6 is 0 Å². The van der Waals surface area contributed by atoms with Crippen molar-refractivity contribution in [1.82, 2.24) is 15.3 Å². The summed E-state index contributed by atoms with van der Waals surface area (Å²) in [6.07, 6.45) is 5.37. The van der Waals surface area contributed by atoms with Gasteiger partial charge in [-0.15, -0.1) is 0 Å². The largest absolute Gasteiger partial charge is 0.348 e. The van der Waals surface area contributed by atoms with Gasteiger partial charge in [0.05, 0.1) is 16.8 Å². The first-order chi connectivity index (χ1) is 15.7. The minimum absolute atomic E-state index is 0.0670. The van der Waals surface area contributed by atoms with E-state index in [1.165, 1.54) is 0 Å². The summed E-state index contributed by atoms with van der Waals surface area (Å²) in [6.45, 7) is 0.352. The number of hydrogen-bond donors (Lipinski definition) is 2. The Morgan fingerprint density at radius 2 is 1.84 bits per heavy atom. The predicted molar refractivity (Wildman–Crippen MR) is 124 cm³/mol. The van der Waals surface area contributed by atoms with Gasteiger partial charge in [0.2, 0.25) is 5.91 Å². The molecule has 0 unspecified atom stereocenters. The highest BCUT2D eigenvalue weighted by molar-refractivity contribution is 6.07. The zero-order valence-corrected chi connectivity index (χ0v) is 17.4. The Balaban J connectivity index is 1.37. The molecule has 2 amide bonds. The molecule has 0 spiro atoms. The molecule has 0 saturated heterocycles. The number of para-hydroxylation sites is 1. The number of anilines is 1. The van der Waals surface area contributed by atoms with E-state index in [0.717, 1.165) is 40.6 Å². The zero-order valence-electron chi connectivity index (χ0n) is 17.4. The number of rotatable bonds is 6. The zero-order chi connectivity index (χ0) is 21.9. The lowest BCUT2D eigenvalue weighted by Gasteiger charge is -2.11. The Hall–Kier alpha value is -4.06. The summed E-state index contributed by atoms with van der Waals surface area (Å²) in [5.74, 6) is 0.0332. The standard InChI is InChI=1S/C26H22N4O2/c31-25(18-10-11-18)29-20-7-3-5-17(13-20)15-28-26(32)22-14-24(19-6-4-12-27-16-19)30-23-9-2-1-8-21(22)23/h1-9,12-14,16,18H,10-11,15H2,(H,28,32)(H,29,31). The molecule has 2 aromatic heterocycles. The van der Waals surface area contributed by atoms with Crippen molar-refractivity contribution in [3.05, 3.63) is 90.3 Å². The highest BCUT2D eigenvalue weighted by Gasteiger charge is 2.29. The van der Waals surface area contributed by atoms with Gasteiger partial charge < -0.3 is 10.6 Å². The van der Waals surface area contributed by atoms with E-state index in [1.807, 2.05) is 60.7 Å². The first-order valence-corrected chi connectivity index (χ1v) is 10.7. The third-order valence-corrected chi connectivity index (χ3v) is 5.51. The molecule has 2 heterocycles. The lowest BCUT2D eigenvalue weighted by molar-refractivity contribution is -0.117. The molecule has 1 fully saturated rings. The summed E-state index contributed by atoms with van der Waals surface area (Å²) in [5.41, 5.74) is 4.54. The first-order valence-electron chi connectivity index (χ1n) is 10.7. The number of aromatic nitrogens is 2. The molecule has 0 radical (unpaired) electrons. The number of carbonyl (C=O) groups is 2. The maximum Gasteiger partial charge on any atom is 0.252 e. The van der Waals surface area contributed by atoms with Gasteiger partial charge in [0.1, 0.15) is 0 Å². The summed E-state index contributed by atoms with van der Waals surface area (Å²) in [7, 11) is 0. The van der Waals surface area contributed by atoms with Gasteiger partial charge in [-0.1, -0.05) is 30.3 Å². The lowest BCUT2D eigenvalue weighted by atomic mass is 10.0. The Morgan fingerprint density at radius 3 is 2.66 bits per heavy atom. The first kappa shape index (κ1) is 19.9. The van der Waals surface area contributed by atoms with Crippen LogP contribution < -0.4 is 10.6 Å². The van der Waals surface area contributed by atoms with Gasteiger partial charge in [-0.3, -0.25) is 14.6 Å². The van der Waals surface area contributed by atoms with Crippen LogP contribution in [-0.2, 0) is 11.3 Å². The number of carbonyl (C=O) groups excluding carboxylic acids is 2. The van der Waals surface area contributed by atoms with Crippen LogP contribution in [0.25, 0.3) is 22.2 Å². The van der Waals surface area contributed by atoms with Crippen molar-refractivity contribution in [2.45, 2.75) is 19.4 Å². The van der Waals surface area contributed by atoms with Crippen LogP contribution in [0.2, 0.25) is 0 Å². The Bertz CT molecular complexity index is 1300. The second-order valence-corrected chi connectivity index (χ2v) is 7.96. The van der Waals surface area contributed by atoms with E-state index in [0.29, 0.717) is 17.8 Å². The maximum absolute atomic E-state index is 13.2. The number of amides is 2. The number of nitrogens with one attached hydrogen (secondary N) is 2. The third-order valence-electron chi connectivity index (χ3n) is 5.51. The summed E-state index contributed by atoms with van der Waals surface area (Å²) >= 11 is 0. The Labute approximate surface area is 185 Å². The quantitative estimate of drug-likeness (QED) is 0.477. The average Bonchev–Trinajstić information content (AvgIpc) is 3.68. The molecule has 0 bridgehead atoms. The number of nitrogens with zero attached hydrogens (tertiary/aromatic N) is 2. The molecule has 1 saturated carbocycles. The molecule has 0 atom stereocenters. The number of fused-ring (bicyclic) bond motifs is 1. The lowest BCUT2D eigenvalue weighted by Crippen LogP contribution is -2.23. The van der Waals surface area contributed by atoms with Crippen molar-refractivity contribution in [3.63, 3.8) is 0 Å². The Morgan fingerprint density at radius 1 is 0.969 bits per heavy atom. The minimum atomic E-state index is -0.179.